The predicted octanol–water partition coefficient (Wildman–Crippen LogP) is 5.04. The number of non-ortho nitro benzene ring substituents is 1. The molecule has 4 heteroatoms. The highest BCUT2D eigenvalue weighted by atomic mass is 16.6. The van der Waals surface area contributed by atoms with Crippen LogP contribution in [0, 0.1) is 29.9 Å². The lowest BCUT2D eigenvalue weighted by atomic mass is 9.76. The van der Waals surface area contributed by atoms with Crippen molar-refractivity contribution in [3.8, 4) is 0 Å². The molecule has 0 saturated carbocycles. The number of nitrogens with one attached hydrogen (secondary N) is 1. The van der Waals surface area contributed by atoms with Crippen molar-refractivity contribution in [2.75, 3.05) is 5.32 Å². The molecule has 1 aliphatic carbocycles. The Morgan fingerprint density at radius 2 is 1.88 bits per heavy atom. The van der Waals surface area contributed by atoms with Crippen molar-refractivity contribution in [1.29, 1.82) is 0 Å². The molecule has 122 valence electrons. The van der Waals surface area contributed by atoms with Gasteiger partial charge in [-0.3, -0.25) is 10.1 Å². The minimum Gasteiger partial charge on any atom is -0.377 e. The second kappa shape index (κ2) is 5.48. The summed E-state index contributed by atoms with van der Waals surface area (Å²) in [6, 6.07) is 11.6. The third-order valence-corrected chi connectivity index (χ3v) is 5.53. The van der Waals surface area contributed by atoms with Crippen LogP contribution < -0.4 is 5.32 Å². The Balaban J connectivity index is 1.77. The molecule has 1 heterocycles. The van der Waals surface area contributed by atoms with E-state index < -0.39 is 0 Å². The van der Waals surface area contributed by atoms with Gasteiger partial charge in [-0.15, -0.1) is 0 Å². The first-order chi connectivity index (χ1) is 11.6. The first-order valence-corrected chi connectivity index (χ1v) is 8.34. The van der Waals surface area contributed by atoms with E-state index in [4.69, 9.17) is 0 Å². The lowest BCUT2D eigenvalue weighted by Gasteiger charge is -2.38. The number of nitro benzene ring substituents is 1. The Bertz CT molecular complexity index is 839. The third kappa shape index (κ3) is 2.21. The van der Waals surface area contributed by atoms with Crippen LogP contribution in [0.2, 0.25) is 0 Å². The van der Waals surface area contributed by atoms with E-state index in [2.05, 4.69) is 43.4 Å². The third-order valence-electron chi connectivity index (χ3n) is 5.53. The fourth-order valence-corrected chi connectivity index (χ4v) is 4.05. The Kier molecular flexibility index (Phi) is 3.41. The highest BCUT2D eigenvalue weighted by molar-refractivity contribution is 5.65. The van der Waals surface area contributed by atoms with Crippen LogP contribution in [0.25, 0.3) is 0 Å². The summed E-state index contributed by atoms with van der Waals surface area (Å²) in [4.78, 5) is 10.6. The minimum atomic E-state index is -0.346. The van der Waals surface area contributed by atoms with Crippen LogP contribution >= 0.6 is 0 Å². The summed E-state index contributed by atoms with van der Waals surface area (Å²) in [5.74, 6) is 0.877. The summed E-state index contributed by atoms with van der Waals surface area (Å²) in [6.45, 7) is 4.29. The van der Waals surface area contributed by atoms with E-state index in [1.165, 1.54) is 22.4 Å². The maximum absolute atomic E-state index is 10.9. The molecule has 3 atom stereocenters. The van der Waals surface area contributed by atoms with Gasteiger partial charge in [0.2, 0.25) is 0 Å². The van der Waals surface area contributed by atoms with Gasteiger partial charge in [0.05, 0.1) is 11.0 Å². The zero-order chi connectivity index (χ0) is 16.8. The molecular weight excluding hydrogens is 300 g/mol. The molecule has 1 N–H and O–H groups in total. The Labute approximate surface area is 141 Å². The number of rotatable bonds is 2. The molecule has 0 spiro atoms. The van der Waals surface area contributed by atoms with Crippen molar-refractivity contribution >= 4 is 11.4 Å². The normalized spacial score (nSPS) is 24.2. The van der Waals surface area contributed by atoms with Gasteiger partial charge in [-0.05, 0) is 48.4 Å². The molecule has 4 rings (SSSR count). The standard InChI is InChI=1S/C20H20N2O2/c1-12-6-11-18-16-4-3-5-17(16)20(21-19(18)13(12)2)14-7-9-15(10-8-14)22(23)24/h3-4,6-11,16-17,20-21H,5H2,1-2H3/t16-,17-,20-/m1/s1. The quantitative estimate of drug-likeness (QED) is 0.479. The molecule has 2 aliphatic rings. The first kappa shape index (κ1) is 14.9. The first-order valence-electron chi connectivity index (χ1n) is 8.34. The molecular formula is C20H20N2O2. The fraction of sp³-hybridized carbons (Fsp3) is 0.300. The monoisotopic (exact) mass is 320 g/mol. The number of aryl methyl sites for hydroxylation is 1. The highest BCUT2D eigenvalue weighted by Gasteiger charge is 2.38. The molecule has 0 bridgehead atoms. The average Bonchev–Trinajstić information content (AvgIpc) is 3.07. The lowest BCUT2D eigenvalue weighted by molar-refractivity contribution is -0.384. The number of hydrogen-bond donors (Lipinski definition) is 1. The fourth-order valence-electron chi connectivity index (χ4n) is 4.05. The van der Waals surface area contributed by atoms with Crippen LogP contribution in [0.4, 0.5) is 11.4 Å². The van der Waals surface area contributed by atoms with Crippen LogP contribution in [0.15, 0.2) is 48.6 Å². The summed E-state index contributed by atoms with van der Waals surface area (Å²) in [5, 5.41) is 14.6. The van der Waals surface area contributed by atoms with Gasteiger partial charge < -0.3 is 5.32 Å². The number of allylic oxidation sites excluding steroid dienone is 2. The van der Waals surface area contributed by atoms with E-state index in [9.17, 15) is 10.1 Å². The predicted molar refractivity (Wildman–Crippen MR) is 95.4 cm³/mol. The van der Waals surface area contributed by atoms with Crippen molar-refractivity contribution in [3.63, 3.8) is 0 Å². The molecule has 24 heavy (non-hydrogen) atoms. The van der Waals surface area contributed by atoms with E-state index in [-0.39, 0.29) is 16.7 Å². The van der Waals surface area contributed by atoms with Gasteiger partial charge in [0, 0.05) is 23.7 Å². The van der Waals surface area contributed by atoms with Crippen LogP contribution in [0.1, 0.15) is 40.6 Å². The van der Waals surface area contributed by atoms with Gasteiger partial charge in [0.25, 0.3) is 5.69 Å². The number of nitrogens with zero attached hydrogens (tertiary/aromatic N) is 1. The number of fused-ring (bicyclic) bond motifs is 3. The van der Waals surface area contributed by atoms with Gasteiger partial charge in [-0.2, -0.15) is 0 Å². The zero-order valence-electron chi connectivity index (χ0n) is 13.8. The Morgan fingerprint density at radius 3 is 2.58 bits per heavy atom. The van der Waals surface area contributed by atoms with E-state index in [1.54, 1.807) is 12.1 Å². The van der Waals surface area contributed by atoms with Gasteiger partial charge >= 0.3 is 0 Å². The van der Waals surface area contributed by atoms with Gasteiger partial charge in [-0.1, -0.05) is 36.4 Å². The SMILES string of the molecule is Cc1ccc2c(c1C)N[C@H](c1ccc([N+](=O)[O-])cc1)[C@@H]1CC=C[C@@H]21. The molecule has 0 aromatic heterocycles. The zero-order valence-corrected chi connectivity index (χ0v) is 13.8. The van der Waals surface area contributed by atoms with Crippen molar-refractivity contribution in [1.82, 2.24) is 0 Å². The van der Waals surface area contributed by atoms with Gasteiger partial charge in [0.1, 0.15) is 0 Å². The number of nitro groups is 1. The Hall–Kier alpha value is -2.62. The molecule has 0 fully saturated rings. The topological polar surface area (TPSA) is 55.2 Å². The molecule has 2 aromatic carbocycles. The van der Waals surface area contributed by atoms with Crippen LogP contribution in [-0.4, -0.2) is 4.92 Å². The lowest BCUT2D eigenvalue weighted by Crippen LogP contribution is -2.29. The maximum atomic E-state index is 10.9. The van der Waals surface area contributed by atoms with E-state index in [0.717, 1.165) is 12.0 Å². The maximum Gasteiger partial charge on any atom is 0.269 e. The van der Waals surface area contributed by atoms with Crippen LogP contribution in [-0.2, 0) is 0 Å². The summed E-state index contributed by atoms with van der Waals surface area (Å²) < 4.78 is 0. The van der Waals surface area contributed by atoms with E-state index in [1.807, 2.05) is 12.1 Å². The number of benzene rings is 2. The molecule has 0 radical (unpaired) electrons. The summed E-state index contributed by atoms with van der Waals surface area (Å²) in [5.41, 5.74) is 6.43. The van der Waals surface area contributed by atoms with Crippen molar-refractivity contribution < 1.29 is 4.92 Å². The van der Waals surface area contributed by atoms with E-state index >= 15 is 0 Å². The van der Waals surface area contributed by atoms with Gasteiger partial charge in [-0.25, -0.2) is 0 Å². The molecule has 0 saturated heterocycles. The second-order valence-corrected chi connectivity index (χ2v) is 6.80. The van der Waals surface area contributed by atoms with E-state index in [0.29, 0.717) is 11.8 Å². The second-order valence-electron chi connectivity index (χ2n) is 6.80. The van der Waals surface area contributed by atoms with Gasteiger partial charge in [0.15, 0.2) is 0 Å². The van der Waals surface area contributed by atoms with Crippen molar-refractivity contribution in [2.24, 2.45) is 5.92 Å². The summed E-state index contributed by atoms with van der Waals surface area (Å²) >= 11 is 0. The number of hydrogen-bond acceptors (Lipinski definition) is 3. The highest BCUT2D eigenvalue weighted by Crippen LogP contribution is 2.50. The largest absolute Gasteiger partial charge is 0.377 e. The van der Waals surface area contributed by atoms with Crippen LogP contribution in [0.5, 0.6) is 0 Å². The van der Waals surface area contributed by atoms with Crippen LogP contribution in [0.3, 0.4) is 0 Å². The van der Waals surface area contributed by atoms with Crippen molar-refractivity contribution in [2.45, 2.75) is 32.2 Å². The number of anilines is 1. The molecule has 2 aromatic rings. The summed E-state index contributed by atoms with van der Waals surface area (Å²) in [7, 11) is 0. The minimum absolute atomic E-state index is 0.142. The molecule has 0 unspecified atom stereocenters. The van der Waals surface area contributed by atoms with Crippen molar-refractivity contribution in [3.05, 3.63) is 80.9 Å². The molecule has 0 amide bonds. The Morgan fingerprint density at radius 1 is 1.12 bits per heavy atom. The molecule has 1 aliphatic heterocycles. The smallest absolute Gasteiger partial charge is 0.269 e. The molecule has 4 nitrogen and oxygen atoms in total. The average molecular weight is 320 g/mol. The summed E-state index contributed by atoms with van der Waals surface area (Å²) in [6.07, 6.45) is 5.61.